The largest absolute Gasteiger partial charge is 0.360 e. The molecule has 30 heavy (non-hydrogen) atoms. The first kappa shape index (κ1) is 21.5. The lowest BCUT2D eigenvalue weighted by molar-refractivity contribution is -0.140. The maximum absolute atomic E-state index is 12.5. The lowest BCUT2D eigenvalue weighted by Gasteiger charge is -2.33. The average molecular weight is 412 g/mol. The molecule has 1 aliphatic heterocycles. The van der Waals surface area contributed by atoms with Crippen molar-refractivity contribution in [3.05, 3.63) is 46.2 Å². The van der Waals surface area contributed by atoms with E-state index >= 15 is 0 Å². The number of H-pyrrole nitrogens is 1. The number of aromatic nitrogens is 1. The molecule has 0 bridgehead atoms. The quantitative estimate of drug-likeness (QED) is 0.748. The predicted molar refractivity (Wildman–Crippen MR) is 114 cm³/mol. The van der Waals surface area contributed by atoms with E-state index in [1.165, 1.54) is 6.20 Å². The van der Waals surface area contributed by atoms with E-state index < -0.39 is 5.91 Å². The van der Waals surface area contributed by atoms with E-state index in [0.717, 1.165) is 0 Å². The molecule has 0 unspecified atom stereocenters. The summed E-state index contributed by atoms with van der Waals surface area (Å²) in [6.07, 6.45) is 2.62. The lowest BCUT2D eigenvalue weighted by atomic mass is 9.95. The van der Waals surface area contributed by atoms with Gasteiger partial charge in [0, 0.05) is 49.2 Å². The van der Waals surface area contributed by atoms with Crippen LogP contribution in [-0.2, 0) is 9.59 Å². The molecule has 160 valence electrons. The van der Waals surface area contributed by atoms with Crippen molar-refractivity contribution in [3.8, 4) is 0 Å². The highest BCUT2D eigenvalue weighted by Gasteiger charge is 2.29. The van der Waals surface area contributed by atoms with E-state index in [2.05, 4.69) is 10.3 Å². The number of likely N-dealkylation sites (tertiary alicyclic amines) is 1. The average Bonchev–Trinajstić information content (AvgIpc) is 2.78. The van der Waals surface area contributed by atoms with Crippen LogP contribution >= 0.6 is 0 Å². The molecule has 0 atom stereocenters. The van der Waals surface area contributed by atoms with Crippen LogP contribution in [-0.4, -0.2) is 65.2 Å². The Kier molecular flexibility index (Phi) is 6.87. The van der Waals surface area contributed by atoms with Gasteiger partial charge in [-0.05, 0) is 38.8 Å². The van der Waals surface area contributed by atoms with Crippen molar-refractivity contribution in [2.24, 2.45) is 5.92 Å². The number of hydrogen-bond donors (Lipinski definition) is 2. The summed E-state index contributed by atoms with van der Waals surface area (Å²) >= 11 is 0. The van der Waals surface area contributed by atoms with Crippen molar-refractivity contribution in [1.29, 1.82) is 0 Å². The summed E-state index contributed by atoms with van der Waals surface area (Å²) < 4.78 is 0. The summed E-state index contributed by atoms with van der Waals surface area (Å²) in [5.74, 6) is -0.702. The van der Waals surface area contributed by atoms with Crippen LogP contribution in [0.5, 0.6) is 0 Å². The van der Waals surface area contributed by atoms with Crippen LogP contribution in [0.4, 0.5) is 0 Å². The summed E-state index contributed by atoms with van der Waals surface area (Å²) in [7, 11) is 0. The highest BCUT2D eigenvalue weighted by atomic mass is 16.2. The molecule has 0 radical (unpaired) electrons. The molecule has 1 aromatic heterocycles. The third kappa shape index (κ3) is 4.53. The van der Waals surface area contributed by atoms with Crippen molar-refractivity contribution in [3.63, 3.8) is 0 Å². The van der Waals surface area contributed by atoms with Crippen LogP contribution in [0.3, 0.4) is 0 Å². The fraction of sp³-hybridized carbons (Fsp3) is 0.455. The summed E-state index contributed by atoms with van der Waals surface area (Å²) in [4.78, 5) is 56.3. The van der Waals surface area contributed by atoms with Crippen LogP contribution in [0.1, 0.15) is 37.0 Å². The summed E-state index contributed by atoms with van der Waals surface area (Å²) in [5, 5.41) is 2.97. The number of nitrogens with one attached hydrogen (secondary N) is 2. The van der Waals surface area contributed by atoms with Crippen molar-refractivity contribution in [2.75, 3.05) is 32.7 Å². The van der Waals surface area contributed by atoms with Crippen LogP contribution in [0.15, 0.2) is 35.3 Å². The topological polar surface area (TPSA) is 103 Å². The number of carbonyl (C=O) groups excluding carboxylic acids is 3. The molecule has 2 heterocycles. The first-order chi connectivity index (χ1) is 14.5. The molecule has 2 N–H and O–H groups in total. The molecule has 1 saturated heterocycles. The molecule has 1 aliphatic rings. The van der Waals surface area contributed by atoms with Crippen LogP contribution in [0, 0.1) is 5.92 Å². The zero-order valence-corrected chi connectivity index (χ0v) is 17.4. The maximum atomic E-state index is 12.5. The molecule has 1 fully saturated rings. The van der Waals surface area contributed by atoms with Gasteiger partial charge in [-0.15, -0.1) is 0 Å². The van der Waals surface area contributed by atoms with Gasteiger partial charge in [0.2, 0.25) is 17.2 Å². The number of para-hydroxylation sites is 1. The van der Waals surface area contributed by atoms with Gasteiger partial charge in [0.15, 0.2) is 0 Å². The number of benzene rings is 1. The van der Waals surface area contributed by atoms with E-state index in [0.29, 0.717) is 49.9 Å². The molecule has 1 aromatic carbocycles. The lowest BCUT2D eigenvalue weighted by Crippen LogP contribution is -2.47. The maximum Gasteiger partial charge on any atom is 0.257 e. The Balaban J connectivity index is 1.54. The standard InChI is InChI=1S/C22H28N4O4/c1-3-25(4-2)22(30)15-9-11-26(12-10-15)19(27)14-24-21(29)17-13-23-18-8-6-5-7-16(18)20(17)28/h5-8,13,15H,3-4,9-12,14H2,1-2H3,(H,23,28)(H,24,29). The minimum atomic E-state index is -0.582. The monoisotopic (exact) mass is 412 g/mol. The number of hydrogen-bond acceptors (Lipinski definition) is 4. The third-order valence-electron chi connectivity index (χ3n) is 5.71. The number of fused-ring (bicyclic) bond motifs is 1. The Hall–Kier alpha value is -3.16. The molecule has 0 saturated carbocycles. The molecule has 8 nitrogen and oxygen atoms in total. The predicted octanol–water partition coefficient (Wildman–Crippen LogP) is 1.36. The fourth-order valence-electron chi connectivity index (χ4n) is 3.87. The fourth-order valence-corrected chi connectivity index (χ4v) is 3.87. The third-order valence-corrected chi connectivity index (χ3v) is 5.71. The first-order valence-electron chi connectivity index (χ1n) is 10.4. The van der Waals surface area contributed by atoms with Gasteiger partial charge in [-0.25, -0.2) is 0 Å². The van der Waals surface area contributed by atoms with Gasteiger partial charge in [0.1, 0.15) is 5.56 Å². The molecule has 0 aliphatic carbocycles. The van der Waals surface area contributed by atoms with Gasteiger partial charge >= 0.3 is 0 Å². The SMILES string of the molecule is CCN(CC)C(=O)C1CCN(C(=O)CNC(=O)c2c[nH]c3ccccc3c2=O)CC1. The summed E-state index contributed by atoms with van der Waals surface area (Å²) in [5.41, 5.74) is 0.257. The number of amides is 3. The van der Waals surface area contributed by atoms with Gasteiger partial charge < -0.3 is 20.1 Å². The number of pyridine rings is 1. The van der Waals surface area contributed by atoms with Gasteiger partial charge in [-0.3, -0.25) is 19.2 Å². The number of nitrogens with zero attached hydrogens (tertiary/aromatic N) is 2. The Morgan fingerprint density at radius 3 is 2.47 bits per heavy atom. The Morgan fingerprint density at radius 2 is 1.80 bits per heavy atom. The molecule has 0 spiro atoms. The molecule has 3 amide bonds. The van der Waals surface area contributed by atoms with Gasteiger partial charge in [-0.1, -0.05) is 12.1 Å². The van der Waals surface area contributed by atoms with Crippen LogP contribution < -0.4 is 10.7 Å². The van der Waals surface area contributed by atoms with E-state index in [9.17, 15) is 19.2 Å². The summed E-state index contributed by atoms with van der Waals surface area (Å²) in [6, 6.07) is 6.95. The first-order valence-corrected chi connectivity index (χ1v) is 10.4. The zero-order chi connectivity index (χ0) is 21.7. The van der Waals surface area contributed by atoms with Gasteiger partial charge in [-0.2, -0.15) is 0 Å². The van der Waals surface area contributed by atoms with Crippen molar-refractivity contribution in [1.82, 2.24) is 20.1 Å². The van der Waals surface area contributed by atoms with Crippen LogP contribution in [0.2, 0.25) is 0 Å². The second-order valence-corrected chi connectivity index (χ2v) is 7.43. The normalized spacial score (nSPS) is 14.5. The Labute approximate surface area is 175 Å². The number of rotatable bonds is 6. The molecule has 3 rings (SSSR count). The second kappa shape index (κ2) is 9.56. The zero-order valence-electron chi connectivity index (χ0n) is 17.4. The second-order valence-electron chi connectivity index (χ2n) is 7.43. The Bertz CT molecular complexity index is 988. The van der Waals surface area contributed by atoms with E-state index in [1.807, 2.05) is 18.7 Å². The smallest absolute Gasteiger partial charge is 0.257 e. The van der Waals surface area contributed by atoms with E-state index in [4.69, 9.17) is 0 Å². The molecule has 8 heteroatoms. The molecular formula is C22H28N4O4. The van der Waals surface area contributed by atoms with E-state index in [1.54, 1.807) is 29.2 Å². The minimum absolute atomic E-state index is 0.0231. The number of piperidine rings is 1. The highest BCUT2D eigenvalue weighted by molar-refractivity contribution is 5.98. The number of carbonyl (C=O) groups is 3. The number of aromatic amines is 1. The molecular weight excluding hydrogens is 384 g/mol. The highest BCUT2D eigenvalue weighted by Crippen LogP contribution is 2.19. The summed E-state index contributed by atoms with van der Waals surface area (Å²) in [6.45, 7) is 6.10. The van der Waals surface area contributed by atoms with Gasteiger partial charge in [0.05, 0.1) is 6.54 Å². The van der Waals surface area contributed by atoms with Crippen molar-refractivity contribution in [2.45, 2.75) is 26.7 Å². The van der Waals surface area contributed by atoms with Crippen molar-refractivity contribution >= 4 is 28.6 Å². The van der Waals surface area contributed by atoms with Crippen molar-refractivity contribution < 1.29 is 14.4 Å². The molecule has 2 aromatic rings. The minimum Gasteiger partial charge on any atom is -0.360 e. The van der Waals surface area contributed by atoms with Crippen LogP contribution in [0.25, 0.3) is 10.9 Å². The van der Waals surface area contributed by atoms with E-state index in [-0.39, 0.29) is 35.3 Å². The van der Waals surface area contributed by atoms with Gasteiger partial charge in [0.25, 0.3) is 5.91 Å². The Morgan fingerprint density at radius 1 is 1.13 bits per heavy atom.